The summed E-state index contributed by atoms with van der Waals surface area (Å²) in [5.41, 5.74) is 1.92. The van der Waals surface area contributed by atoms with Crippen LogP contribution in [0.25, 0.3) is 21.7 Å². The van der Waals surface area contributed by atoms with Gasteiger partial charge in [0.25, 0.3) is 11.5 Å². The van der Waals surface area contributed by atoms with Crippen LogP contribution in [-0.4, -0.2) is 10.9 Å². The maximum absolute atomic E-state index is 12.3. The molecule has 4 rings (SSSR count). The Morgan fingerprint density at radius 1 is 0.792 bits per heavy atom. The number of carbonyl (C=O) groups excluding carboxylic acids is 1. The first kappa shape index (κ1) is 14.2. The number of pyridine rings is 1. The lowest BCUT2D eigenvalue weighted by molar-refractivity contribution is 0.102. The van der Waals surface area contributed by atoms with E-state index in [9.17, 15) is 9.59 Å². The third-order valence-electron chi connectivity index (χ3n) is 4.02. The predicted octanol–water partition coefficient (Wildman–Crippen LogP) is 3.93. The van der Waals surface area contributed by atoms with E-state index in [1.54, 1.807) is 24.3 Å². The van der Waals surface area contributed by atoms with Gasteiger partial charge in [0.1, 0.15) is 0 Å². The minimum absolute atomic E-state index is 0.112. The Morgan fingerprint density at radius 2 is 1.50 bits per heavy atom. The molecule has 0 unspecified atom stereocenters. The van der Waals surface area contributed by atoms with Crippen molar-refractivity contribution in [1.82, 2.24) is 4.98 Å². The van der Waals surface area contributed by atoms with Crippen molar-refractivity contribution in [3.05, 3.63) is 88.7 Å². The normalized spacial score (nSPS) is 10.8. The zero-order valence-electron chi connectivity index (χ0n) is 12.7. The molecule has 0 atom stereocenters. The molecule has 4 heteroatoms. The molecule has 1 heterocycles. The zero-order valence-corrected chi connectivity index (χ0v) is 12.7. The smallest absolute Gasteiger partial charge is 0.256 e. The van der Waals surface area contributed by atoms with Gasteiger partial charge < -0.3 is 10.3 Å². The topological polar surface area (TPSA) is 62.0 Å². The van der Waals surface area contributed by atoms with E-state index in [1.165, 1.54) is 0 Å². The van der Waals surface area contributed by atoms with Gasteiger partial charge in [0, 0.05) is 27.5 Å². The highest BCUT2D eigenvalue weighted by atomic mass is 16.1. The number of hydrogen-bond acceptors (Lipinski definition) is 2. The van der Waals surface area contributed by atoms with E-state index in [-0.39, 0.29) is 11.5 Å². The maximum atomic E-state index is 12.3. The van der Waals surface area contributed by atoms with Crippen molar-refractivity contribution in [2.24, 2.45) is 0 Å². The largest absolute Gasteiger partial charge is 0.322 e. The first-order valence-electron chi connectivity index (χ1n) is 7.63. The second-order valence-electron chi connectivity index (χ2n) is 5.58. The molecule has 0 saturated carbocycles. The van der Waals surface area contributed by atoms with Gasteiger partial charge in [0.15, 0.2) is 0 Å². The molecule has 1 aromatic heterocycles. The summed E-state index contributed by atoms with van der Waals surface area (Å²) in [6.07, 6.45) is 0. The molecule has 0 fully saturated rings. The second-order valence-corrected chi connectivity index (χ2v) is 5.58. The molecule has 0 aliphatic carbocycles. The fourth-order valence-electron chi connectivity index (χ4n) is 2.85. The Morgan fingerprint density at radius 3 is 2.29 bits per heavy atom. The van der Waals surface area contributed by atoms with Crippen molar-refractivity contribution in [1.29, 1.82) is 0 Å². The summed E-state index contributed by atoms with van der Waals surface area (Å²) in [6.45, 7) is 0. The first-order chi connectivity index (χ1) is 11.7. The van der Waals surface area contributed by atoms with Crippen molar-refractivity contribution in [3.63, 3.8) is 0 Å². The lowest BCUT2D eigenvalue weighted by Crippen LogP contribution is -2.12. The fourth-order valence-corrected chi connectivity index (χ4v) is 2.85. The molecule has 1 amide bonds. The number of rotatable bonds is 2. The highest BCUT2D eigenvalue weighted by molar-refractivity contribution is 6.09. The monoisotopic (exact) mass is 314 g/mol. The number of aromatic nitrogens is 1. The lowest BCUT2D eigenvalue weighted by atomic mass is 10.1. The van der Waals surface area contributed by atoms with Crippen LogP contribution in [0.1, 0.15) is 10.4 Å². The average molecular weight is 314 g/mol. The molecule has 0 aliphatic heterocycles. The van der Waals surface area contributed by atoms with Gasteiger partial charge in [0.05, 0.1) is 0 Å². The summed E-state index contributed by atoms with van der Waals surface area (Å²) in [6, 6.07) is 22.0. The number of H-pyrrole nitrogens is 1. The quantitative estimate of drug-likeness (QED) is 0.551. The summed E-state index contributed by atoms with van der Waals surface area (Å²) < 4.78 is 0. The number of aromatic amines is 1. The SMILES string of the molecule is O=C(Nc1ccc2[nH]c(=O)c3ccccc3c2c1)c1ccccc1. The van der Waals surface area contributed by atoms with E-state index in [0.29, 0.717) is 16.6 Å². The minimum Gasteiger partial charge on any atom is -0.322 e. The first-order valence-corrected chi connectivity index (χ1v) is 7.63. The highest BCUT2D eigenvalue weighted by Gasteiger charge is 2.08. The van der Waals surface area contributed by atoms with Crippen molar-refractivity contribution < 1.29 is 4.79 Å². The Bertz CT molecular complexity index is 1110. The van der Waals surface area contributed by atoms with Crippen LogP contribution in [0, 0.1) is 0 Å². The fraction of sp³-hybridized carbons (Fsp3) is 0. The number of fused-ring (bicyclic) bond motifs is 3. The van der Waals surface area contributed by atoms with Crippen molar-refractivity contribution in [3.8, 4) is 0 Å². The number of nitrogens with one attached hydrogen (secondary N) is 2. The molecule has 2 N–H and O–H groups in total. The third-order valence-corrected chi connectivity index (χ3v) is 4.02. The Balaban J connectivity index is 1.81. The molecule has 0 bridgehead atoms. The Kier molecular flexibility index (Phi) is 3.35. The van der Waals surface area contributed by atoms with Gasteiger partial charge in [-0.25, -0.2) is 0 Å². The molecule has 116 valence electrons. The van der Waals surface area contributed by atoms with E-state index >= 15 is 0 Å². The molecule has 0 aliphatic rings. The van der Waals surface area contributed by atoms with Gasteiger partial charge >= 0.3 is 0 Å². The minimum atomic E-state index is -0.163. The van der Waals surface area contributed by atoms with E-state index in [2.05, 4.69) is 10.3 Å². The highest BCUT2D eigenvalue weighted by Crippen LogP contribution is 2.24. The van der Waals surface area contributed by atoms with Gasteiger partial charge in [0.2, 0.25) is 0 Å². The molecule has 3 aromatic carbocycles. The van der Waals surface area contributed by atoms with E-state index in [0.717, 1.165) is 16.3 Å². The zero-order chi connectivity index (χ0) is 16.5. The summed E-state index contributed by atoms with van der Waals surface area (Å²) in [4.78, 5) is 27.3. The number of benzene rings is 3. The van der Waals surface area contributed by atoms with Crippen molar-refractivity contribution in [2.45, 2.75) is 0 Å². The van der Waals surface area contributed by atoms with Crippen LogP contribution in [-0.2, 0) is 0 Å². The van der Waals surface area contributed by atoms with Crippen LogP contribution < -0.4 is 10.9 Å². The van der Waals surface area contributed by atoms with Crippen LogP contribution in [0.2, 0.25) is 0 Å². The Hall–Kier alpha value is -3.40. The molecule has 0 spiro atoms. The maximum Gasteiger partial charge on any atom is 0.256 e. The summed E-state index contributed by atoms with van der Waals surface area (Å²) in [7, 11) is 0. The number of amides is 1. The van der Waals surface area contributed by atoms with Gasteiger partial charge in [-0.05, 0) is 41.8 Å². The number of anilines is 1. The molecule has 0 saturated heterocycles. The lowest BCUT2D eigenvalue weighted by Gasteiger charge is -2.08. The van der Waals surface area contributed by atoms with E-state index in [1.807, 2.05) is 48.5 Å². The van der Waals surface area contributed by atoms with Crippen LogP contribution in [0.15, 0.2) is 77.6 Å². The van der Waals surface area contributed by atoms with Crippen LogP contribution in [0.4, 0.5) is 5.69 Å². The summed E-state index contributed by atoms with van der Waals surface area (Å²) in [5.74, 6) is -0.163. The molecule has 24 heavy (non-hydrogen) atoms. The van der Waals surface area contributed by atoms with E-state index in [4.69, 9.17) is 0 Å². The standard InChI is InChI=1S/C20H14N2O2/c23-19(13-6-2-1-3-7-13)21-14-10-11-18-17(12-14)15-8-4-5-9-16(15)20(24)22-18/h1-12H,(H,21,23)(H,22,24). The second kappa shape index (κ2) is 5.66. The van der Waals surface area contributed by atoms with Crippen molar-refractivity contribution >= 4 is 33.3 Å². The molecular weight excluding hydrogens is 300 g/mol. The van der Waals surface area contributed by atoms with E-state index < -0.39 is 0 Å². The molecule has 0 radical (unpaired) electrons. The van der Waals surface area contributed by atoms with Crippen LogP contribution in [0.3, 0.4) is 0 Å². The van der Waals surface area contributed by atoms with Gasteiger partial charge in [-0.3, -0.25) is 9.59 Å². The van der Waals surface area contributed by atoms with Gasteiger partial charge in [-0.2, -0.15) is 0 Å². The number of carbonyl (C=O) groups is 1. The predicted molar refractivity (Wildman–Crippen MR) is 96.5 cm³/mol. The van der Waals surface area contributed by atoms with Gasteiger partial charge in [-0.15, -0.1) is 0 Å². The van der Waals surface area contributed by atoms with Crippen LogP contribution in [0.5, 0.6) is 0 Å². The van der Waals surface area contributed by atoms with Crippen molar-refractivity contribution in [2.75, 3.05) is 5.32 Å². The molecule has 4 nitrogen and oxygen atoms in total. The van der Waals surface area contributed by atoms with Crippen LogP contribution >= 0.6 is 0 Å². The Labute approximate surface area is 137 Å². The summed E-state index contributed by atoms with van der Waals surface area (Å²) in [5, 5.41) is 5.30. The third kappa shape index (κ3) is 2.44. The summed E-state index contributed by atoms with van der Waals surface area (Å²) >= 11 is 0. The number of hydrogen-bond donors (Lipinski definition) is 2. The molecule has 4 aromatic rings. The van der Waals surface area contributed by atoms with Gasteiger partial charge in [-0.1, -0.05) is 36.4 Å². The average Bonchev–Trinajstić information content (AvgIpc) is 2.63. The molecular formula is C20H14N2O2.